The Bertz CT molecular complexity index is 873. The van der Waals surface area contributed by atoms with E-state index in [0.29, 0.717) is 18.7 Å². The molecule has 0 aliphatic carbocycles. The number of amides is 1. The van der Waals surface area contributed by atoms with Crippen LogP contribution in [0.25, 0.3) is 11.3 Å². The summed E-state index contributed by atoms with van der Waals surface area (Å²) >= 11 is 0. The maximum atomic E-state index is 12.3. The highest BCUT2D eigenvalue weighted by atomic mass is 32.2. The van der Waals surface area contributed by atoms with Crippen molar-refractivity contribution in [2.75, 3.05) is 32.5 Å². The zero-order valence-corrected chi connectivity index (χ0v) is 15.6. The van der Waals surface area contributed by atoms with Crippen LogP contribution in [0.4, 0.5) is 0 Å². The van der Waals surface area contributed by atoms with Crippen molar-refractivity contribution in [3.8, 4) is 11.3 Å². The number of hydrogen-bond donors (Lipinski definition) is 1. The highest BCUT2D eigenvalue weighted by molar-refractivity contribution is 7.88. The molecule has 2 aromatic rings. The topological polar surface area (TPSA) is 88.9 Å². The van der Waals surface area contributed by atoms with E-state index in [9.17, 15) is 13.2 Å². The van der Waals surface area contributed by atoms with Gasteiger partial charge in [0, 0.05) is 30.8 Å². The first-order chi connectivity index (χ1) is 12.3. The van der Waals surface area contributed by atoms with Crippen LogP contribution in [-0.4, -0.2) is 57.2 Å². The van der Waals surface area contributed by atoms with Gasteiger partial charge in [-0.2, -0.15) is 4.31 Å². The molecule has 2 heterocycles. The average molecular weight is 378 g/mol. The molecule has 3 rings (SSSR count). The third kappa shape index (κ3) is 4.51. The fourth-order valence-electron chi connectivity index (χ4n) is 2.80. The van der Waals surface area contributed by atoms with Gasteiger partial charge in [0.2, 0.25) is 10.0 Å². The molecule has 8 heteroatoms. The fraction of sp³-hybridized carbons (Fsp3) is 0.389. The molecule has 1 fully saturated rings. The van der Waals surface area contributed by atoms with Crippen LogP contribution in [0.1, 0.15) is 16.1 Å². The summed E-state index contributed by atoms with van der Waals surface area (Å²) in [6, 6.07) is 10.9. The molecule has 0 bridgehead atoms. The molecule has 1 amide bonds. The molecule has 0 spiro atoms. The van der Waals surface area contributed by atoms with Crippen molar-refractivity contribution in [1.29, 1.82) is 0 Å². The van der Waals surface area contributed by atoms with Gasteiger partial charge in [-0.3, -0.25) is 4.79 Å². The van der Waals surface area contributed by atoms with Crippen LogP contribution in [0.15, 0.2) is 40.8 Å². The van der Waals surface area contributed by atoms with Gasteiger partial charge in [-0.05, 0) is 31.2 Å². The fourth-order valence-corrected chi connectivity index (χ4v) is 3.64. The molecular weight excluding hydrogens is 356 g/mol. The molecule has 7 nitrogen and oxygen atoms in total. The number of sulfonamides is 1. The quantitative estimate of drug-likeness (QED) is 0.855. The zero-order valence-electron chi connectivity index (χ0n) is 14.8. The third-order valence-electron chi connectivity index (χ3n) is 4.23. The molecule has 1 N–H and O–H groups in total. The van der Waals surface area contributed by atoms with Crippen molar-refractivity contribution < 1.29 is 22.4 Å². The Hall–Kier alpha value is -2.16. The van der Waals surface area contributed by atoms with Crippen LogP contribution in [-0.2, 0) is 14.8 Å². The second-order valence-corrected chi connectivity index (χ2v) is 8.29. The molecule has 1 aliphatic rings. The summed E-state index contributed by atoms with van der Waals surface area (Å²) in [5, 5.41) is 2.80. The van der Waals surface area contributed by atoms with Gasteiger partial charge < -0.3 is 14.5 Å². The van der Waals surface area contributed by atoms with Crippen molar-refractivity contribution in [1.82, 2.24) is 9.62 Å². The molecule has 1 aromatic heterocycles. The smallest absolute Gasteiger partial charge is 0.251 e. The number of carbonyl (C=O) groups excluding carboxylic acids is 1. The van der Waals surface area contributed by atoms with E-state index >= 15 is 0 Å². The molecule has 0 saturated carbocycles. The van der Waals surface area contributed by atoms with E-state index in [0.717, 1.165) is 17.1 Å². The van der Waals surface area contributed by atoms with E-state index in [1.807, 2.05) is 31.2 Å². The van der Waals surface area contributed by atoms with Crippen molar-refractivity contribution in [2.45, 2.75) is 13.0 Å². The SMILES string of the molecule is Cc1ccc(-c2ccc(C(=O)NC[C@H]3CN(S(C)(=O)=O)CCO3)cc2)o1. The van der Waals surface area contributed by atoms with Gasteiger partial charge in [0.05, 0.1) is 19.0 Å². The molecule has 1 aliphatic heterocycles. The molecule has 1 saturated heterocycles. The summed E-state index contributed by atoms with van der Waals surface area (Å²) in [6.45, 7) is 3.05. The van der Waals surface area contributed by atoms with E-state index in [-0.39, 0.29) is 25.1 Å². The zero-order chi connectivity index (χ0) is 18.7. The minimum Gasteiger partial charge on any atom is -0.461 e. The summed E-state index contributed by atoms with van der Waals surface area (Å²) in [4.78, 5) is 12.3. The number of ether oxygens (including phenoxy) is 1. The van der Waals surface area contributed by atoms with Gasteiger partial charge >= 0.3 is 0 Å². The van der Waals surface area contributed by atoms with E-state index in [2.05, 4.69) is 5.32 Å². The normalized spacial score (nSPS) is 18.6. The van der Waals surface area contributed by atoms with E-state index in [1.165, 1.54) is 10.6 Å². The highest BCUT2D eigenvalue weighted by Crippen LogP contribution is 2.22. The first kappa shape index (κ1) is 18.6. The number of rotatable bonds is 5. The Balaban J connectivity index is 1.56. The summed E-state index contributed by atoms with van der Waals surface area (Å²) in [6.07, 6.45) is 0.823. The maximum Gasteiger partial charge on any atom is 0.251 e. The second-order valence-electron chi connectivity index (χ2n) is 6.31. The minimum absolute atomic E-state index is 0.229. The van der Waals surface area contributed by atoms with Crippen molar-refractivity contribution in [3.05, 3.63) is 47.7 Å². The molecule has 1 aromatic carbocycles. The van der Waals surface area contributed by atoms with Crippen LogP contribution in [0, 0.1) is 6.92 Å². The molecule has 140 valence electrons. The molecule has 0 radical (unpaired) electrons. The van der Waals surface area contributed by atoms with Gasteiger partial charge in [0.15, 0.2) is 0 Å². The van der Waals surface area contributed by atoms with Crippen LogP contribution >= 0.6 is 0 Å². The Kier molecular flexibility index (Phi) is 5.45. The van der Waals surface area contributed by atoms with E-state index < -0.39 is 10.0 Å². The van der Waals surface area contributed by atoms with Gasteiger partial charge in [-0.15, -0.1) is 0 Å². The summed E-state index contributed by atoms with van der Waals surface area (Å²) in [5.41, 5.74) is 1.42. The lowest BCUT2D eigenvalue weighted by molar-refractivity contribution is 0.000438. The maximum absolute atomic E-state index is 12.3. The summed E-state index contributed by atoms with van der Waals surface area (Å²) in [7, 11) is -3.25. The Morgan fingerprint density at radius 2 is 1.96 bits per heavy atom. The van der Waals surface area contributed by atoms with Crippen LogP contribution in [0.5, 0.6) is 0 Å². The lowest BCUT2D eigenvalue weighted by Crippen LogP contribution is -2.49. The lowest BCUT2D eigenvalue weighted by atomic mass is 10.1. The average Bonchev–Trinajstić information content (AvgIpc) is 3.06. The van der Waals surface area contributed by atoms with Gasteiger partial charge in [-0.1, -0.05) is 12.1 Å². The predicted octanol–water partition coefficient (Wildman–Crippen LogP) is 1.65. The molecule has 1 atom stereocenters. The number of aryl methyl sites for hydroxylation is 1. The minimum atomic E-state index is -3.25. The van der Waals surface area contributed by atoms with Crippen molar-refractivity contribution >= 4 is 15.9 Å². The van der Waals surface area contributed by atoms with Gasteiger partial charge in [0.25, 0.3) is 5.91 Å². The second kappa shape index (κ2) is 7.61. The first-order valence-corrected chi connectivity index (χ1v) is 10.2. The number of hydrogen-bond acceptors (Lipinski definition) is 5. The van der Waals surface area contributed by atoms with Crippen molar-refractivity contribution in [3.63, 3.8) is 0 Å². The first-order valence-electron chi connectivity index (χ1n) is 8.35. The number of carbonyl (C=O) groups is 1. The number of furan rings is 1. The number of benzene rings is 1. The van der Waals surface area contributed by atoms with Crippen molar-refractivity contribution in [2.24, 2.45) is 0 Å². The number of morpholine rings is 1. The monoisotopic (exact) mass is 378 g/mol. The van der Waals surface area contributed by atoms with E-state index in [4.69, 9.17) is 9.15 Å². The summed E-state index contributed by atoms with van der Waals surface area (Å²) in [5.74, 6) is 1.36. The van der Waals surface area contributed by atoms with Gasteiger partial charge in [-0.25, -0.2) is 8.42 Å². The molecular formula is C18H22N2O5S. The highest BCUT2D eigenvalue weighted by Gasteiger charge is 2.26. The molecule has 0 unspecified atom stereocenters. The third-order valence-corrected chi connectivity index (χ3v) is 5.50. The Morgan fingerprint density at radius 1 is 1.23 bits per heavy atom. The lowest BCUT2D eigenvalue weighted by Gasteiger charge is -2.31. The number of nitrogens with zero attached hydrogens (tertiary/aromatic N) is 1. The van der Waals surface area contributed by atoms with Gasteiger partial charge in [0.1, 0.15) is 11.5 Å². The summed E-state index contributed by atoms with van der Waals surface area (Å²) < 4.78 is 35.7. The molecule has 26 heavy (non-hydrogen) atoms. The Morgan fingerprint density at radius 3 is 2.58 bits per heavy atom. The predicted molar refractivity (Wildman–Crippen MR) is 97.4 cm³/mol. The standard InChI is InChI=1S/C18H22N2O5S/c1-13-3-8-17(25-13)14-4-6-15(7-5-14)18(21)19-11-16-12-20(9-10-24-16)26(2,22)23/h3-8,16H,9-12H2,1-2H3,(H,19,21)/t16-/m0/s1. The van der Waals surface area contributed by atoms with Crippen LogP contribution in [0.2, 0.25) is 0 Å². The number of nitrogens with one attached hydrogen (secondary N) is 1. The van der Waals surface area contributed by atoms with Crippen LogP contribution < -0.4 is 5.32 Å². The van der Waals surface area contributed by atoms with Crippen LogP contribution in [0.3, 0.4) is 0 Å². The largest absolute Gasteiger partial charge is 0.461 e. The Labute approximate surface area is 153 Å². The van der Waals surface area contributed by atoms with E-state index in [1.54, 1.807) is 12.1 Å².